The van der Waals surface area contributed by atoms with E-state index in [1.807, 2.05) is 31.2 Å². The normalized spacial score (nSPS) is 20.0. The molecule has 1 aromatic heterocycles. The van der Waals surface area contributed by atoms with Gasteiger partial charge in [-0.05, 0) is 23.4 Å². The van der Waals surface area contributed by atoms with Gasteiger partial charge in [0.05, 0.1) is 18.0 Å². The highest BCUT2D eigenvalue weighted by Crippen LogP contribution is 2.35. The van der Waals surface area contributed by atoms with Crippen LogP contribution in [0.3, 0.4) is 0 Å². The summed E-state index contributed by atoms with van der Waals surface area (Å²) in [5.74, 6) is 1.59. The van der Waals surface area contributed by atoms with E-state index in [0.717, 1.165) is 17.7 Å². The summed E-state index contributed by atoms with van der Waals surface area (Å²) in [5.41, 5.74) is 1.11. The molecule has 0 saturated carbocycles. The van der Waals surface area contributed by atoms with Gasteiger partial charge >= 0.3 is 0 Å². The molecule has 2 unspecified atom stereocenters. The van der Waals surface area contributed by atoms with E-state index in [2.05, 4.69) is 15.5 Å². The Hall–Kier alpha value is -1.62. The second-order valence-electron chi connectivity index (χ2n) is 4.29. The minimum absolute atomic E-state index is 0.0983. The average Bonchev–Trinajstić information content (AvgIpc) is 2.87. The summed E-state index contributed by atoms with van der Waals surface area (Å²) in [4.78, 5) is 0. The number of alkyl halides is 1. The molecule has 94 valence electrons. The van der Waals surface area contributed by atoms with Crippen LogP contribution in [0.25, 0.3) is 0 Å². The first-order chi connectivity index (χ1) is 8.77. The Labute approximate surface area is 110 Å². The van der Waals surface area contributed by atoms with Crippen molar-refractivity contribution in [1.29, 1.82) is 0 Å². The van der Waals surface area contributed by atoms with Crippen molar-refractivity contribution in [3.8, 4) is 5.75 Å². The minimum Gasteiger partial charge on any atom is -0.493 e. The third kappa shape index (κ3) is 1.84. The zero-order valence-electron chi connectivity index (χ0n) is 9.95. The third-order valence-electron chi connectivity index (χ3n) is 3.10. The molecule has 1 aliphatic rings. The van der Waals surface area contributed by atoms with E-state index < -0.39 is 0 Å². The highest BCUT2D eigenvalue weighted by atomic mass is 35.5. The molecule has 0 N–H and O–H groups in total. The molecular weight excluding hydrogens is 252 g/mol. The summed E-state index contributed by atoms with van der Waals surface area (Å²) in [6, 6.07) is 8.07. The maximum atomic E-state index is 6.10. The fraction of sp³-hybridized carbons (Fsp3) is 0.417. The molecule has 0 spiro atoms. The van der Waals surface area contributed by atoms with E-state index >= 15 is 0 Å². The maximum Gasteiger partial charge on any atom is 0.169 e. The summed E-state index contributed by atoms with van der Waals surface area (Å²) in [6.45, 7) is 2.53. The van der Waals surface area contributed by atoms with Crippen LogP contribution in [0.2, 0.25) is 0 Å². The summed E-state index contributed by atoms with van der Waals surface area (Å²) in [5, 5.41) is 11.6. The molecule has 1 aliphatic heterocycles. The lowest BCUT2D eigenvalue weighted by molar-refractivity contribution is 0.247. The number of rotatable bonds is 2. The largest absolute Gasteiger partial charge is 0.493 e. The number of hydrogen-bond acceptors (Lipinski definition) is 4. The summed E-state index contributed by atoms with van der Waals surface area (Å²) >= 11 is 6.10. The number of aromatic nitrogens is 4. The van der Waals surface area contributed by atoms with Crippen molar-refractivity contribution >= 4 is 11.6 Å². The molecule has 18 heavy (non-hydrogen) atoms. The molecule has 2 atom stereocenters. The fourth-order valence-electron chi connectivity index (χ4n) is 2.26. The van der Waals surface area contributed by atoms with E-state index in [4.69, 9.17) is 16.3 Å². The number of ether oxygens (including phenoxy) is 1. The molecule has 5 nitrogen and oxygen atoms in total. The molecule has 6 heteroatoms. The molecule has 0 fully saturated rings. The van der Waals surface area contributed by atoms with Gasteiger partial charge in [-0.15, -0.1) is 16.7 Å². The van der Waals surface area contributed by atoms with Crippen molar-refractivity contribution in [2.24, 2.45) is 0 Å². The Bertz CT molecular complexity index is 555. The van der Waals surface area contributed by atoms with Gasteiger partial charge in [-0.3, -0.25) is 0 Å². The first-order valence-electron chi connectivity index (χ1n) is 5.91. The quantitative estimate of drug-likeness (QED) is 0.782. The lowest BCUT2D eigenvalue weighted by Gasteiger charge is -2.26. The molecule has 0 bridgehead atoms. The van der Waals surface area contributed by atoms with Crippen LogP contribution in [0.5, 0.6) is 5.75 Å². The van der Waals surface area contributed by atoms with E-state index in [0.29, 0.717) is 12.4 Å². The van der Waals surface area contributed by atoms with E-state index in [9.17, 15) is 0 Å². The van der Waals surface area contributed by atoms with Gasteiger partial charge < -0.3 is 4.74 Å². The molecule has 0 saturated heterocycles. The second-order valence-corrected chi connectivity index (χ2v) is 4.94. The maximum absolute atomic E-state index is 6.10. The van der Waals surface area contributed by atoms with Gasteiger partial charge in [0.15, 0.2) is 5.82 Å². The highest BCUT2D eigenvalue weighted by molar-refractivity contribution is 6.20. The minimum atomic E-state index is -0.213. The molecule has 0 amide bonds. The standard InChI is InChI=1S/C12H13ClN4O/c1-8(13)12-14-15-16-17(12)10-6-7-18-11-5-3-2-4-9(10)11/h2-5,8,10H,6-7H2,1H3. The van der Waals surface area contributed by atoms with Crippen LogP contribution in [0, 0.1) is 0 Å². The number of tetrazole rings is 1. The van der Waals surface area contributed by atoms with Crippen LogP contribution >= 0.6 is 11.6 Å². The molecule has 2 heterocycles. The fourth-order valence-corrected chi connectivity index (χ4v) is 2.41. The SMILES string of the molecule is CC(Cl)c1nnnn1C1CCOc2ccccc21. The lowest BCUT2D eigenvalue weighted by atomic mass is 10.0. The Morgan fingerprint density at radius 3 is 3.11 bits per heavy atom. The molecular formula is C12H13ClN4O. The zero-order valence-corrected chi connectivity index (χ0v) is 10.7. The Morgan fingerprint density at radius 1 is 1.44 bits per heavy atom. The monoisotopic (exact) mass is 264 g/mol. The van der Waals surface area contributed by atoms with E-state index in [-0.39, 0.29) is 11.4 Å². The Balaban J connectivity index is 2.06. The highest BCUT2D eigenvalue weighted by Gasteiger charge is 2.27. The molecule has 1 aromatic carbocycles. The van der Waals surface area contributed by atoms with Crippen molar-refractivity contribution < 1.29 is 4.74 Å². The second kappa shape index (κ2) is 4.57. The van der Waals surface area contributed by atoms with Crippen LogP contribution in [0.1, 0.15) is 36.2 Å². The number of hydrogen-bond donors (Lipinski definition) is 0. The topological polar surface area (TPSA) is 52.8 Å². The van der Waals surface area contributed by atoms with Gasteiger partial charge in [0.2, 0.25) is 0 Å². The van der Waals surface area contributed by atoms with Crippen LogP contribution < -0.4 is 4.74 Å². The van der Waals surface area contributed by atoms with Crippen molar-refractivity contribution in [3.63, 3.8) is 0 Å². The molecule has 0 radical (unpaired) electrons. The van der Waals surface area contributed by atoms with E-state index in [1.165, 1.54) is 0 Å². The van der Waals surface area contributed by atoms with Crippen LogP contribution in [0.4, 0.5) is 0 Å². The van der Waals surface area contributed by atoms with E-state index in [1.54, 1.807) is 4.68 Å². The summed E-state index contributed by atoms with van der Waals surface area (Å²) < 4.78 is 7.44. The van der Waals surface area contributed by atoms with Gasteiger partial charge in [-0.2, -0.15) is 0 Å². The number of benzene rings is 1. The van der Waals surface area contributed by atoms with Gasteiger partial charge in [-0.25, -0.2) is 4.68 Å². The Kier molecular flexibility index (Phi) is 2.91. The lowest BCUT2D eigenvalue weighted by Crippen LogP contribution is -2.23. The third-order valence-corrected chi connectivity index (χ3v) is 3.29. The molecule has 2 aromatic rings. The van der Waals surface area contributed by atoms with Gasteiger partial charge in [0.25, 0.3) is 0 Å². The van der Waals surface area contributed by atoms with Crippen molar-refractivity contribution in [2.45, 2.75) is 24.8 Å². The number of fused-ring (bicyclic) bond motifs is 1. The van der Waals surface area contributed by atoms with Crippen LogP contribution in [-0.2, 0) is 0 Å². The van der Waals surface area contributed by atoms with Crippen LogP contribution in [-0.4, -0.2) is 26.8 Å². The smallest absolute Gasteiger partial charge is 0.169 e. The van der Waals surface area contributed by atoms with Gasteiger partial charge in [0, 0.05) is 12.0 Å². The number of halogens is 1. The van der Waals surface area contributed by atoms with Gasteiger partial charge in [-0.1, -0.05) is 18.2 Å². The zero-order chi connectivity index (χ0) is 12.5. The average molecular weight is 265 g/mol. The van der Waals surface area contributed by atoms with Crippen molar-refractivity contribution in [3.05, 3.63) is 35.7 Å². The number of para-hydroxylation sites is 1. The molecule has 3 rings (SSSR count). The first-order valence-corrected chi connectivity index (χ1v) is 6.34. The predicted octanol–water partition coefficient (Wildman–Crippen LogP) is 2.34. The molecule has 0 aliphatic carbocycles. The van der Waals surface area contributed by atoms with Crippen molar-refractivity contribution in [2.75, 3.05) is 6.61 Å². The summed E-state index contributed by atoms with van der Waals surface area (Å²) in [7, 11) is 0. The number of nitrogens with zero attached hydrogens (tertiary/aromatic N) is 4. The summed E-state index contributed by atoms with van der Waals surface area (Å²) in [6.07, 6.45) is 0.846. The first kappa shape index (κ1) is 11.5. The van der Waals surface area contributed by atoms with Crippen molar-refractivity contribution in [1.82, 2.24) is 20.2 Å². The van der Waals surface area contributed by atoms with Gasteiger partial charge in [0.1, 0.15) is 5.75 Å². The Morgan fingerprint density at radius 2 is 2.28 bits per heavy atom. The predicted molar refractivity (Wildman–Crippen MR) is 66.8 cm³/mol. The van der Waals surface area contributed by atoms with Crippen LogP contribution in [0.15, 0.2) is 24.3 Å².